The SMILES string of the molecule is Clc1ccc(CNc2cccc(-c3nnco3)c2)s1. The van der Waals surface area contributed by atoms with Gasteiger partial charge >= 0.3 is 0 Å². The molecular weight excluding hydrogens is 282 g/mol. The number of aromatic nitrogens is 2. The van der Waals surface area contributed by atoms with E-state index in [0.29, 0.717) is 5.89 Å². The molecule has 19 heavy (non-hydrogen) atoms. The van der Waals surface area contributed by atoms with E-state index in [4.69, 9.17) is 16.0 Å². The monoisotopic (exact) mass is 291 g/mol. The maximum absolute atomic E-state index is 5.90. The van der Waals surface area contributed by atoms with Crippen LogP contribution in [0, 0.1) is 0 Å². The molecule has 0 radical (unpaired) electrons. The van der Waals surface area contributed by atoms with Gasteiger partial charge in [-0.3, -0.25) is 0 Å². The van der Waals surface area contributed by atoms with E-state index in [2.05, 4.69) is 15.5 Å². The van der Waals surface area contributed by atoms with Gasteiger partial charge in [-0.15, -0.1) is 21.5 Å². The minimum atomic E-state index is 0.516. The normalized spacial score (nSPS) is 10.6. The van der Waals surface area contributed by atoms with Crippen molar-refractivity contribution in [2.24, 2.45) is 0 Å². The number of nitrogens with zero attached hydrogens (tertiary/aromatic N) is 2. The lowest BCUT2D eigenvalue weighted by atomic mass is 10.2. The molecule has 1 N–H and O–H groups in total. The number of halogens is 1. The Labute approximate surface area is 119 Å². The topological polar surface area (TPSA) is 51.0 Å². The standard InChI is InChI=1S/C13H10ClN3OS/c14-12-5-4-11(19-12)7-15-10-3-1-2-9(6-10)13-17-16-8-18-13/h1-6,8,15H,7H2. The maximum Gasteiger partial charge on any atom is 0.247 e. The molecule has 4 nitrogen and oxygen atoms in total. The number of benzene rings is 1. The van der Waals surface area contributed by atoms with Gasteiger partial charge in [0.05, 0.1) is 4.34 Å². The van der Waals surface area contributed by atoms with E-state index >= 15 is 0 Å². The summed E-state index contributed by atoms with van der Waals surface area (Å²) in [5, 5.41) is 10.9. The molecule has 0 aliphatic rings. The van der Waals surface area contributed by atoms with Crippen LogP contribution in [0.25, 0.3) is 11.5 Å². The van der Waals surface area contributed by atoms with Crippen molar-refractivity contribution in [2.75, 3.05) is 5.32 Å². The molecule has 0 aliphatic carbocycles. The molecule has 6 heteroatoms. The van der Waals surface area contributed by atoms with Crippen LogP contribution >= 0.6 is 22.9 Å². The number of hydrogen-bond donors (Lipinski definition) is 1. The third kappa shape index (κ3) is 2.94. The van der Waals surface area contributed by atoms with Crippen LogP contribution in [0.4, 0.5) is 5.69 Å². The van der Waals surface area contributed by atoms with Crippen LogP contribution in [-0.4, -0.2) is 10.2 Å². The largest absolute Gasteiger partial charge is 0.423 e. The summed E-state index contributed by atoms with van der Waals surface area (Å²) in [7, 11) is 0. The van der Waals surface area contributed by atoms with Crippen molar-refractivity contribution in [1.82, 2.24) is 10.2 Å². The van der Waals surface area contributed by atoms with E-state index in [1.54, 1.807) is 11.3 Å². The molecule has 0 saturated heterocycles. The summed E-state index contributed by atoms with van der Waals surface area (Å²) in [6, 6.07) is 11.8. The smallest absolute Gasteiger partial charge is 0.247 e. The average molecular weight is 292 g/mol. The molecule has 0 bridgehead atoms. The molecule has 2 aromatic heterocycles. The van der Waals surface area contributed by atoms with E-state index in [0.717, 1.165) is 22.1 Å². The summed E-state index contributed by atoms with van der Waals surface area (Å²) < 4.78 is 5.98. The van der Waals surface area contributed by atoms with E-state index < -0.39 is 0 Å². The Bertz CT molecular complexity index is 666. The minimum absolute atomic E-state index is 0.516. The molecule has 0 unspecified atom stereocenters. The lowest BCUT2D eigenvalue weighted by molar-refractivity contribution is 0.568. The van der Waals surface area contributed by atoms with E-state index in [1.807, 2.05) is 36.4 Å². The molecule has 2 heterocycles. The summed E-state index contributed by atoms with van der Waals surface area (Å²) in [5.74, 6) is 0.516. The Morgan fingerprint density at radius 2 is 2.21 bits per heavy atom. The molecule has 0 amide bonds. The summed E-state index contributed by atoms with van der Waals surface area (Å²) in [6.45, 7) is 0.741. The second-order valence-electron chi connectivity index (χ2n) is 3.88. The zero-order valence-electron chi connectivity index (χ0n) is 9.84. The molecule has 3 rings (SSSR count). The molecule has 0 aliphatic heterocycles. The minimum Gasteiger partial charge on any atom is -0.423 e. The van der Waals surface area contributed by atoms with Crippen LogP contribution in [0.15, 0.2) is 47.2 Å². The first-order valence-corrected chi connectivity index (χ1v) is 6.85. The molecule has 0 atom stereocenters. The molecular formula is C13H10ClN3OS. The van der Waals surface area contributed by atoms with Gasteiger partial charge in [-0.2, -0.15) is 0 Å². The van der Waals surface area contributed by atoms with E-state index in [-0.39, 0.29) is 0 Å². The fourth-order valence-corrected chi connectivity index (χ4v) is 2.72. The predicted molar refractivity (Wildman–Crippen MR) is 76.4 cm³/mol. The van der Waals surface area contributed by atoms with Crippen molar-refractivity contribution in [3.8, 4) is 11.5 Å². The molecule has 3 aromatic rings. The Morgan fingerprint density at radius 3 is 2.95 bits per heavy atom. The fraction of sp³-hybridized carbons (Fsp3) is 0.0769. The van der Waals surface area contributed by atoms with Crippen molar-refractivity contribution in [1.29, 1.82) is 0 Å². The van der Waals surface area contributed by atoms with Crippen LogP contribution < -0.4 is 5.32 Å². The number of anilines is 1. The Balaban J connectivity index is 1.73. The zero-order valence-corrected chi connectivity index (χ0v) is 11.4. The summed E-state index contributed by atoms with van der Waals surface area (Å²) >= 11 is 7.47. The molecule has 0 saturated carbocycles. The molecule has 96 valence electrons. The quantitative estimate of drug-likeness (QED) is 0.787. The lowest BCUT2D eigenvalue weighted by Gasteiger charge is -2.05. The first-order chi connectivity index (χ1) is 9.31. The summed E-state index contributed by atoms with van der Waals surface area (Å²) in [4.78, 5) is 1.19. The van der Waals surface area contributed by atoms with Crippen molar-refractivity contribution in [2.45, 2.75) is 6.54 Å². The number of rotatable bonds is 4. The van der Waals surface area contributed by atoms with Gasteiger partial charge in [0.15, 0.2) is 0 Å². The molecule has 1 aromatic carbocycles. The highest BCUT2D eigenvalue weighted by Gasteiger charge is 2.04. The Kier molecular flexibility index (Phi) is 3.48. The van der Waals surface area contributed by atoms with Crippen molar-refractivity contribution in [3.63, 3.8) is 0 Å². The van der Waals surface area contributed by atoms with Gasteiger partial charge in [-0.05, 0) is 30.3 Å². The highest BCUT2D eigenvalue weighted by Crippen LogP contribution is 2.24. The van der Waals surface area contributed by atoms with Gasteiger partial charge in [0, 0.05) is 22.7 Å². The zero-order chi connectivity index (χ0) is 13.1. The van der Waals surface area contributed by atoms with Crippen molar-refractivity contribution in [3.05, 3.63) is 52.0 Å². The number of nitrogens with one attached hydrogen (secondary N) is 1. The second kappa shape index (κ2) is 5.42. The number of thiophene rings is 1. The second-order valence-corrected chi connectivity index (χ2v) is 5.68. The predicted octanol–water partition coefficient (Wildman–Crippen LogP) is 4.06. The van der Waals surface area contributed by atoms with E-state index in [9.17, 15) is 0 Å². The third-order valence-corrected chi connectivity index (χ3v) is 3.80. The van der Waals surface area contributed by atoms with Gasteiger partial charge in [0.1, 0.15) is 0 Å². The Hall–Kier alpha value is -1.85. The molecule has 0 spiro atoms. The van der Waals surface area contributed by atoms with Gasteiger partial charge < -0.3 is 9.73 Å². The maximum atomic E-state index is 5.90. The molecule has 0 fully saturated rings. The average Bonchev–Trinajstić information content (AvgIpc) is 3.08. The number of hydrogen-bond acceptors (Lipinski definition) is 5. The van der Waals surface area contributed by atoms with Crippen LogP contribution in [0.1, 0.15) is 4.88 Å². The first kappa shape index (κ1) is 12.2. The summed E-state index contributed by atoms with van der Waals surface area (Å²) in [6.07, 6.45) is 1.32. The Morgan fingerprint density at radius 1 is 1.26 bits per heavy atom. The van der Waals surface area contributed by atoms with Crippen LogP contribution in [0.3, 0.4) is 0 Å². The van der Waals surface area contributed by atoms with Crippen molar-refractivity contribution < 1.29 is 4.42 Å². The van der Waals surface area contributed by atoms with Crippen LogP contribution in [0.5, 0.6) is 0 Å². The van der Waals surface area contributed by atoms with Gasteiger partial charge in [0.25, 0.3) is 0 Å². The third-order valence-electron chi connectivity index (χ3n) is 2.57. The van der Waals surface area contributed by atoms with Crippen LogP contribution in [-0.2, 0) is 6.54 Å². The van der Waals surface area contributed by atoms with Gasteiger partial charge in [-0.25, -0.2) is 0 Å². The van der Waals surface area contributed by atoms with E-state index in [1.165, 1.54) is 11.3 Å². The van der Waals surface area contributed by atoms with Crippen LogP contribution in [0.2, 0.25) is 4.34 Å². The van der Waals surface area contributed by atoms with Gasteiger partial charge in [0.2, 0.25) is 12.3 Å². The lowest BCUT2D eigenvalue weighted by Crippen LogP contribution is -1.97. The highest BCUT2D eigenvalue weighted by molar-refractivity contribution is 7.16. The fourth-order valence-electron chi connectivity index (χ4n) is 1.70. The highest BCUT2D eigenvalue weighted by atomic mass is 35.5. The van der Waals surface area contributed by atoms with Crippen molar-refractivity contribution >= 4 is 28.6 Å². The summed E-state index contributed by atoms with van der Waals surface area (Å²) in [5.41, 5.74) is 1.90. The first-order valence-electron chi connectivity index (χ1n) is 5.66. The van der Waals surface area contributed by atoms with Gasteiger partial charge in [-0.1, -0.05) is 17.7 Å².